The molecule has 0 spiro atoms. The van der Waals surface area contributed by atoms with E-state index in [4.69, 9.17) is 22.0 Å². The average molecular weight is 247 g/mol. The zero-order valence-electron chi connectivity index (χ0n) is 9.10. The normalized spacial score (nSPS) is 10.2. The Hall–Kier alpha value is -1.76. The van der Waals surface area contributed by atoms with Gasteiger partial charge >= 0.3 is 0 Å². The quantitative estimate of drug-likeness (QED) is 0.905. The van der Waals surface area contributed by atoms with Crippen LogP contribution in [0.25, 0.3) is 0 Å². The minimum atomic E-state index is 0.000891. The maximum absolute atomic E-state index is 9.14. The van der Waals surface area contributed by atoms with Crippen LogP contribution in [0.5, 0.6) is 0 Å². The number of hydrogen-bond donors (Lipinski definition) is 1. The molecule has 0 amide bonds. The summed E-state index contributed by atoms with van der Waals surface area (Å²) in [5.41, 5.74) is 2.32. The monoisotopic (exact) mass is 246 g/mol. The summed E-state index contributed by atoms with van der Waals surface area (Å²) in [6.45, 7) is 0.592. The SMILES string of the molecule is N#Cc1ccc(Cn2cccc2CO)c(Cl)c1. The first-order chi connectivity index (χ1) is 8.24. The van der Waals surface area contributed by atoms with Crippen LogP contribution < -0.4 is 0 Å². The molecule has 0 fully saturated rings. The number of nitriles is 1. The highest BCUT2D eigenvalue weighted by Gasteiger charge is 2.05. The molecule has 0 unspecified atom stereocenters. The van der Waals surface area contributed by atoms with Gasteiger partial charge in [0.05, 0.1) is 18.2 Å². The van der Waals surface area contributed by atoms with Gasteiger partial charge in [-0.3, -0.25) is 0 Å². The Morgan fingerprint density at radius 3 is 2.82 bits per heavy atom. The number of aliphatic hydroxyl groups excluding tert-OH is 1. The van der Waals surface area contributed by atoms with Crippen LogP contribution >= 0.6 is 11.6 Å². The molecular formula is C13H11ClN2O. The van der Waals surface area contributed by atoms with Crippen LogP contribution in [0.1, 0.15) is 16.8 Å². The van der Waals surface area contributed by atoms with Crippen molar-refractivity contribution < 1.29 is 5.11 Å². The summed E-state index contributed by atoms with van der Waals surface area (Å²) in [5.74, 6) is 0. The van der Waals surface area contributed by atoms with E-state index in [1.165, 1.54) is 0 Å². The lowest BCUT2D eigenvalue weighted by molar-refractivity contribution is 0.271. The van der Waals surface area contributed by atoms with Crippen LogP contribution in [0, 0.1) is 11.3 Å². The molecule has 1 aromatic heterocycles. The molecular weight excluding hydrogens is 236 g/mol. The van der Waals surface area contributed by atoms with Gasteiger partial charge in [-0.15, -0.1) is 0 Å². The highest BCUT2D eigenvalue weighted by atomic mass is 35.5. The summed E-state index contributed by atoms with van der Waals surface area (Å²) >= 11 is 6.09. The highest BCUT2D eigenvalue weighted by Crippen LogP contribution is 2.19. The van der Waals surface area contributed by atoms with E-state index in [1.54, 1.807) is 12.1 Å². The molecule has 0 saturated carbocycles. The number of halogens is 1. The van der Waals surface area contributed by atoms with Crippen molar-refractivity contribution in [2.24, 2.45) is 0 Å². The maximum atomic E-state index is 9.14. The molecule has 4 heteroatoms. The van der Waals surface area contributed by atoms with Gasteiger partial charge < -0.3 is 9.67 Å². The molecule has 1 N–H and O–H groups in total. The first-order valence-corrected chi connectivity index (χ1v) is 5.56. The first kappa shape index (κ1) is 11.7. The zero-order chi connectivity index (χ0) is 12.3. The van der Waals surface area contributed by atoms with Crippen molar-refractivity contribution in [3.8, 4) is 6.07 Å². The Bertz CT molecular complexity index is 569. The third-order valence-corrected chi connectivity index (χ3v) is 2.96. The van der Waals surface area contributed by atoms with Crippen LogP contribution in [0.15, 0.2) is 36.5 Å². The molecule has 2 rings (SSSR count). The molecule has 0 aliphatic carbocycles. The number of nitrogens with zero attached hydrogens (tertiary/aromatic N) is 2. The number of aliphatic hydroxyl groups is 1. The second kappa shape index (κ2) is 5.05. The van der Waals surface area contributed by atoms with E-state index in [0.29, 0.717) is 17.1 Å². The predicted octanol–water partition coefficient (Wildman–Crippen LogP) is 2.55. The van der Waals surface area contributed by atoms with E-state index in [2.05, 4.69) is 0 Å². The van der Waals surface area contributed by atoms with Crippen molar-refractivity contribution in [2.75, 3.05) is 0 Å². The average Bonchev–Trinajstić information content (AvgIpc) is 2.79. The van der Waals surface area contributed by atoms with Crippen molar-refractivity contribution in [2.45, 2.75) is 13.2 Å². The number of aromatic nitrogens is 1. The largest absolute Gasteiger partial charge is 0.390 e. The van der Waals surface area contributed by atoms with Crippen LogP contribution in [-0.4, -0.2) is 9.67 Å². The van der Waals surface area contributed by atoms with Gasteiger partial charge in [-0.05, 0) is 29.8 Å². The van der Waals surface area contributed by atoms with E-state index in [9.17, 15) is 0 Å². The first-order valence-electron chi connectivity index (χ1n) is 5.18. The molecule has 0 atom stereocenters. The number of benzene rings is 1. The zero-order valence-corrected chi connectivity index (χ0v) is 9.85. The fourth-order valence-electron chi connectivity index (χ4n) is 1.68. The molecule has 1 heterocycles. The van der Waals surface area contributed by atoms with Gasteiger partial charge in [-0.1, -0.05) is 17.7 Å². The topological polar surface area (TPSA) is 49.0 Å². The third kappa shape index (κ3) is 2.50. The lowest BCUT2D eigenvalue weighted by Gasteiger charge is -2.09. The Morgan fingerprint density at radius 1 is 1.35 bits per heavy atom. The summed E-state index contributed by atoms with van der Waals surface area (Å²) in [7, 11) is 0. The fourth-order valence-corrected chi connectivity index (χ4v) is 1.92. The molecule has 2 aromatic rings. The van der Waals surface area contributed by atoms with E-state index < -0.39 is 0 Å². The van der Waals surface area contributed by atoms with E-state index in [1.807, 2.05) is 35.0 Å². The van der Waals surface area contributed by atoms with Crippen molar-refractivity contribution in [1.82, 2.24) is 4.57 Å². The maximum Gasteiger partial charge on any atom is 0.0992 e. The summed E-state index contributed by atoms with van der Waals surface area (Å²) in [6.07, 6.45) is 1.89. The molecule has 1 aromatic carbocycles. The highest BCUT2D eigenvalue weighted by molar-refractivity contribution is 6.31. The van der Waals surface area contributed by atoms with Crippen LogP contribution in [0.3, 0.4) is 0 Å². The van der Waals surface area contributed by atoms with Gasteiger partial charge in [0.2, 0.25) is 0 Å². The Kier molecular flexibility index (Phi) is 3.48. The lowest BCUT2D eigenvalue weighted by atomic mass is 10.1. The van der Waals surface area contributed by atoms with Crippen LogP contribution in [0.2, 0.25) is 5.02 Å². The molecule has 0 saturated heterocycles. The Balaban J connectivity index is 2.28. The van der Waals surface area contributed by atoms with Gasteiger partial charge in [0, 0.05) is 23.5 Å². The van der Waals surface area contributed by atoms with Gasteiger partial charge in [-0.25, -0.2) is 0 Å². The van der Waals surface area contributed by atoms with Gasteiger partial charge in [0.1, 0.15) is 0 Å². The molecule has 86 valence electrons. The predicted molar refractivity (Wildman–Crippen MR) is 65.6 cm³/mol. The van der Waals surface area contributed by atoms with Gasteiger partial charge in [0.15, 0.2) is 0 Å². The van der Waals surface area contributed by atoms with Crippen LogP contribution in [0.4, 0.5) is 0 Å². The van der Waals surface area contributed by atoms with E-state index in [0.717, 1.165) is 11.3 Å². The fraction of sp³-hybridized carbons (Fsp3) is 0.154. The van der Waals surface area contributed by atoms with Crippen LogP contribution in [-0.2, 0) is 13.2 Å². The summed E-state index contributed by atoms with van der Waals surface area (Å²) in [5, 5.41) is 18.5. The lowest BCUT2D eigenvalue weighted by Crippen LogP contribution is -2.03. The molecule has 0 bridgehead atoms. The standard InChI is InChI=1S/C13H11ClN2O/c14-13-6-10(7-15)3-4-11(13)8-16-5-1-2-12(16)9-17/h1-6,17H,8-9H2. The van der Waals surface area contributed by atoms with E-state index >= 15 is 0 Å². The van der Waals surface area contributed by atoms with E-state index in [-0.39, 0.29) is 6.61 Å². The molecule has 17 heavy (non-hydrogen) atoms. The molecule has 0 aliphatic rings. The van der Waals surface area contributed by atoms with Crippen molar-refractivity contribution in [3.63, 3.8) is 0 Å². The summed E-state index contributed by atoms with van der Waals surface area (Å²) < 4.78 is 1.92. The van der Waals surface area contributed by atoms with Gasteiger partial charge in [0.25, 0.3) is 0 Å². The smallest absolute Gasteiger partial charge is 0.0992 e. The summed E-state index contributed by atoms with van der Waals surface area (Å²) in [4.78, 5) is 0. The minimum Gasteiger partial charge on any atom is -0.390 e. The Labute approximate surface area is 104 Å². The number of rotatable bonds is 3. The summed E-state index contributed by atoms with van der Waals surface area (Å²) in [6, 6.07) is 11.0. The van der Waals surface area contributed by atoms with Crippen molar-refractivity contribution >= 4 is 11.6 Å². The second-order valence-corrected chi connectivity index (χ2v) is 4.11. The molecule has 0 aliphatic heterocycles. The Morgan fingerprint density at radius 2 is 2.18 bits per heavy atom. The number of hydrogen-bond acceptors (Lipinski definition) is 2. The molecule has 0 radical (unpaired) electrons. The van der Waals surface area contributed by atoms with Crippen molar-refractivity contribution in [1.29, 1.82) is 5.26 Å². The minimum absolute atomic E-state index is 0.000891. The third-order valence-electron chi connectivity index (χ3n) is 2.61. The van der Waals surface area contributed by atoms with Crippen molar-refractivity contribution in [3.05, 3.63) is 58.4 Å². The second-order valence-electron chi connectivity index (χ2n) is 3.70. The van der Waals surface area contributed by atoms with Gasteiger partial charge in [-0.2, -0.15) is 5.26 Å². The molecule has 3 nitrogen and oxygen atoms in total.